The Kier molecular flexibility index (Phi) is 6.12. The van der Waals surface area contributed by atoms with Crippen LogP contribution in [0.3, 0.4) is 0 Å². The van der Waals surface area contributed by atoms with Crippen LogP contribution in [-0.4, -0.2) is 29.9 Å². The Balaban J connectivity index is 1.75. The lowest BCUT2D eigenvalue weighted by Crippen LogP contribution is -2.41. The number of rotatable bonds is 6. The summed E-state index contributed by atoms with van der Waals surface area (Å²) >= 11 is 7.88. The van der Waals surface area contributed by atoms with E-state index in [-0.39, 0.29) is 18.0 Å². The van der Waals surface area contributed by atoms with E-state index < -0.39 is 0 Å². The van der Waals surface area contributed by atoms with Crippen molar-refractivity contribution in [1.29, 1.82) is 0 Å². The first-order valence-corrected chi connectivity index (χ1v) is 9.85. The molecule has 2 unspecified atom stereocenters. The second kappa shape index (κ2) is 8.32. The quantitative estimate of drug-likeness (QED) is 0.811. The van der Waals surface area contributed by atoms with Crippen molar-refractivity contribution in [2.24, 2.45) is 5.73 Å². The van der Waals surface area contributed by atoms with Crippen LogP contribution in [0.2, 0.25) is 5.02 Å². The molecule has 1 aliphatic rings. The summed E-state index contributed by atoms with van der Waals surface area (Å²) in [5, 5.41) is 5.94. The van der Waals surface area contributed by atoms with E-state index in [1.165, 1.54) is 16.0 Å². The van der Waals surface area contributed by atoms with Crippen molar-refractivity contribution in [3.05, 3.63) is 56.7 Å². The highest BCUT2D eigenvalue weighted by molar-refractivity contribution is 7.10. The molecule has 0 saturated heterocycles. The maximum Gasteiger partial charge on any atom is 0.221 e. The van der Waals surface area contributed by atoms with E-state index in [4.69, 9.17) is 17.3 Å². The second-order valence-corrected chi connectivity index (χ2v) is 8.08. The smallest absolute Gasteiger partial charge is 0.221 e. The maximum absolute atomic E-state index is 12.1. The van der Waals surface area contributed by atoms with Crippen LogP contribution in [0.15, 0.2) is 35.7 Å². The molecular weight excluding hydrogens is 354 g/mol. The molecule has 0 fully saturated rings. The van der Waals surface area contributed by atoms with Crippen LogP contribution in [0, 0.1) is 0 Å². The molecule has 2 atom stereocenters. The number of carbonyl (C=O) groups is 1. The molecule has 0 bridgehead atoms. The molecule has 1 aromatic heterocycles. The molecular formula is C19H24ClN3OS. The molecule has 25 heavy (non-hydrogen) atoms. The first-order valence-electron chi connectivity index (χ1n) is 8.60. The summed E-state index contributed by atoms with van der Waals surface area (Å²) in [5.41, 5.74) is 8.30. The fourth-order valence-electron chi connectivity index (χ4n) is 3.25. The molecule has 3 rings (SSSR count). The summed E-state index contributed by atoms with van der Waals surface area (Å²) in [6.07, 6.45) is 1.41. The third kappa shape index (κ3) is 4.82. The first-order chi connectivity index (χ1) is 12.0. The van der Waals surface area contributed by atoms with Gasteiger partial charge in [0.25, 0.3) is 0 Å². The Morgan fingerprint density at radius 2 is 2.12 bits per heavy atom. The van der Waals surface area contributed by atoms with Gasteiger partial charge in [0.2, 0.25) is 5.91 Å². The molecule has 134 valence electrons. The highest BCUT2D eigenvalue weighted by Crippen LogP contribution is 2.30. The van der Waals surface area contributed by atoms with Gasteiger partial charge in [0.15, 0.2) is 0 Å². The van der Waals surface area contributed by atoms with E-state index in [0.717, 1.165) is 24.5 Å². The van der Waals surface area contributed by atoms with Crippen LogP contribution >= 0.6 is 22.9 Å². The summed E-state index contributed by atoms with van der Waals surface area (Å²) in [6, 6.07) is 10.1. The van der Waals surface area contributed by atoms with Crippen molar-refractivity contribution in [3.63, 3.8) is 0 Å². The molecule has 0 aliphatic carbocycles. The maximum atomic E-state index is 12.1. The summed E-state index contributed by atoms with van der Waals surface area (Å²) in [6.45, 7) is 4.32. The monoisotopic (exact) mass is 377 g/mol. The predicted octanol–water partition coefficient (Wildman–Crippen LogP) is 3.35. The lowest BCUT2D eigenvalue weighted by Gasteiger charge is -2.35. The summed E-state index contributed by atoms with van der Waals surface area (Å²) in [4.78, 5) is 16.0. The molecule has 1 aromatic carbocycles. The zero-order valence-corrected chi connectivity index (χ0v) is 15.9. The summed E-state index contributed by atoms with van der Waals surface area (Å²) in [5.74, 6) is 0.00203. The fraction of sp³-hybridized carbons (Fsp3) is 0.421. The Morgan fingerprint density at radius 1 is 1.36 bits per heavy atom. The average molecular weight is 378 g/mol. The molecule has 0 spiro atoms. The van der Waals surface area contributed by atoms with Gasteiger partial charge in [-0.3, -0.25) is 9.69 Å². The topological polar surface area (TPSA) is 58.4 Å². The van der Waals surface area contributed by atoms with Crippen LogP contribution in [0.5, 0.6) is 0 Å². The molecule has 2 aromatic rings. The van der Waals surface area contributed by atoms with Crippen LogP contribution in [0.25, 0.3) is 0 Å². The molecule has 3 N–H and O–H groups in total. The van der Waals surface area contributed by atoms with Gasteiger partial charge in [0.1, 0.15) is 0 Å². The van der Waals surface area contributed by atoms with Gasteiger partial charge in [0.05, 0.1) is 6.04 Å². The lowest BCUT2D eigenvalue weighted by molar-refractivity contribution is -0.121. The van der Waals surface area contributed by atoms with Gasteiger partial charge in [-0.1, -0.05) is 23.7 Å². The number of amides is 1. The highest BCUT2D eigenvalue weighted by atomic mass is 35.5. The van der Waals surface area contributed by atoms with Gasteiger partial charge in [-0.25, -0.2) is 0 Å². The molecule has 0 radical (unpaired) electrons. The molecule has 1 amide bonds. The van der Waals surface area contributed by atoms with Crippen LogP contribution in [0.4, 0.5) is 0 Å². The zero-order chi connectivity index (χ0) is 17.8. The number of thiophene rings is 1. The standard InChI is InChI=1S/C19H24ClN3OS/c1-13(21)10-19(24)22-11-17(14-2-4-16(20)5-3-14)23-8-6-18-15(12-23)7-9-25-18/h2-5,7,9,13,17H,6,8,10-12,21H2,1H3,(H,22,24). The van der Waals surface area contributed by atoms with E-state index >= 15 is 0 Å². The molecule has 4 nitrogen and oxygen atoms in total. The average Bonchev–Trinajstić information content (AvgIpc) is 3.03. The lowest BCUT2D eigenvalue weighted by atomic mass is 10.0. The van der Waals surface area contributed by atoms with Crippen molar-refractivity contribution >= 4 is 28.8 Å². The van der Waals surface area contributed by atoms with E-state index in [1.54, 1.807) is 0 Å². The van der Waals surface area contributed by atoms with Crippen LogP contribution < -0.4 is 11.1 Å². The third-order valence-corrected chi connectivity index (χ3v) is 5.81. The van der Waals surface area contributed by atoms with E-state index in [2.05, 4.69) is 21.7 Å². The summed E-state index contributed by atoms with van der Waals surface area (Å²) < 4.78 is 0. The second-order valence-electron chi connectivity index (χ2n) is 6.64. The largest absolute Gasteiger partial charge is 0.354 e. The SMILES string of the molecule is CC(N)CC(=O)NCC(c1ccc(Cl)cc1)N1CCc2sccc2C1. The molecule has 2 heterocycles. The normalized spacial score (nSPS) is 16.9. The zero-order valence-electron chi connectivity index (χ0n) is 14.4. The van der Waals surface area contributed by atoms with Crippen LogP contribution in [-0.2, 0) is 17.8 Å². The minimum Gasteiger partial charge on any atom is -0.354 e. The van der Waals surface area contributed by atoms with Gasteiger partial charge in [-0.05, 0) is 48.1 Å². The van der Waals surface area contributed by atoms with Gasteiger partial charge >= 0.3 is 0 Å². The summed E-state index contributed by atoms with van der Waals surface area (Å²) in [7, 11) is 0. The van der Waals surface area contributed by atoms with Crippen molar-refractivity contribution in [1.82, 2.24) is 10.2 Å². The first kappa shape index (κ1) is 18.4. The van der Waals surface area contributed by atoms with Gasteiger partial charge in [-0.15, -0.1) is 11.3 Å². The number of benzene rings is 1. The van der Waals surface area contributed by atoms with Gasteiger partial charge in [0, 0.05) is 42.0 Å². The fourth-order valence-corrected chi connectivity index (χ4v) is 4.27. The van der Waals surface area contributed by atoms with Crippen molar-refractivity contribution in [2.45, 2.75) is 38.4 Å². The van der Waals surface area contributed by atoms with E-state index in [9.17, 15) is 4.79 Å². The Bertz CT molecular complexity index is 714. The van der Waals surface area contributed by atoms with Gasteiger partial charge < -0.3 is 11.1 Å². The Labute approximate surface area is 158 Å². The van der Waals surface area contributed by atoms with Crippen molar-refractivity contribution < 1.29 is 4.79 Å². The minimum atomic E-state index is -0.127. The van der Waals surface area contributed by atoms with Crippen LogP contribution in [0.1, 0.15) is 35.4 Å². The van der Waals surface area contributed by atoms with E-state index in [0.29, 0.717) is 13.0 Å². The number of nitrogens with one attached hydrogen (secondary N) is 1. The molecule has 1 aliphatic heterocycles. The molecule has 0 saturated carbocycles. The minimum absolute atomic E-state index is 0.00203. The number of halogens is 1. The van der Waals surface area contributed by atoms with Crippen molar-refractivity contribution in [3.8, 4) is 0 Å². The highest BCUT2D eigenvalue weighted by Gasteiger charge is 2.26. The Morgan fingerprint density at radius 3 is 2.84 bits per heavy atom. The number of fused-ring (bicyclic) bond motifs is 1. The van der Waals surface area contributed by atoms with Gasteiger partial charge in [-0.2, -0.15) is 0 Å². The van der Waals surface area contributed by atoms with E-state index in [1.807, 2.05) is 42.5 Å². The predicted molar refractivity (Wildman–Crippen MR) is 104 cm³/mol. The van der Waals surface area contributed by atoms with Crippen molar-refractivity contribution in [2.75, 3.05) is 13.1 Å². The number of nitrogens with zero attached hydrogens (tertiary/aromatic N) is 1. The molecule has 6 heteroatoms. The number of carbonyl (C=O) groups excluding carboxylic acids is 1. The number of hydrogen-bond acceptors (Lipinski definition) is 4. The number of hydrogen-bond donors (Lipinski definition) is 2. The third-order valence-electron chi connectivity index (χ3n) is 4.53. The number of nitrogens with two attached hydrogens (primary N) is 1. The Hall–Kier alpha value is -1.40.